The van der Waals surface area contributed by atoms with E-state index in [4.69, 9.17) is 9.15 Å². The highest BCUT2D eigenvalue weighted by Crippen LogP contribution is 2.36. The zero-order valence-corrected chi connectivity index (χ0v) is 12.8. The van der Waals surface area contributed by atoms with Crippen molar-refractivity contribution in [2.75, 3.05) is 0 Å². The quantitative estimate of drug-likeness (QED) is 0.785. The van der Waals surface area contributed by atoms with Crippen molar-refractivity contribution in [2.45, 2.75) is 45.6 Å². The van der Waals surface area contributed by atoms with E-state index in [1.165, 1.54) is 0 Å². The van der Waals surface area contributed by atoms with Gasteiger partial charge in [0.05, 0.1) is 0 Å². The Morgan fingerprint density at radius 3 is 2.77 bits per heavy atom. The maximum absolute atomic E-state index is 12.0. The molecule has 0 aliphatic carbocycles. The Kier molecular flexibility index (Phi) is 3.24. The second-order valence-electron chi connectivity index (χ2n) is 6.36. The Bertz CT molecular complexity index is 829. The van der Waals surface area contributed by atoms with Gasteiger partial charge in [-0.2, -0.15) is 0 Å². The van der Waals surface area contributed by atoms with Crippen molar-refractivity contribution in [3.05, 3.63) is 39.2 Å². The molecule has 2 heterocycles. The predicted octanol–water partition coefficient (Wildman–Crippen LogP) is 1.50. The van der Waals surface area contributed by atoms with Crippen LogP contribution in [0.25, 0.3) is 11.0 Å². The van der Waals surface area contributed by atoms with Gasteiger partial charge in [-0.25, -0.2) is 4.79 Å². The number of carboxylic acid groups (broad SMARTS) is 1. The Hall–Kier alpha value is -2.30. The fraction of sp³-hybridized carbons (Fsp3) is 0.412. The zero-order chi connectivity index (χ0) is 16.1. The van der Waals surface area contributed by atoms with Crippen molar-refractivity contribution in [1.82, 2.24) is 0 Å². The average Bonchev–Trinajstić information content (AvgIpc) is 2.41. The molecule has 0 bridgehead atoms. The molecule has 5 heteroatoms. The number of carbonyl (C=O) groups excluding carboxylic acids is 1. The molecule has 0 N–H and O–H groups in total. The van der Waals surface area contributed by atoms with E-state index >= 15 is 0 Å². The number of ether oxygens (including phenoxy) is 1. The van der Waals surface area contributed by atoms with E-state index < -0.39 is 18.0 Å². The van der Waals surface area contributed by atoms with Crippen LogP contribution in [0.1, 0.15) is 37.0 Å². The Balaban J connectivity index is 2.21. The van der Waals surface area contributed by atoms with Crippen LogP contribution in [0.4, 0.5) is 0 Å². The molecule has 1 aromatic carbocycles. The molecule has 0 fully saturated rings. The molecule has 0 saturated carbocycles. The Morgan fingerprint density at radius 2 is 2.09 bits per heavy atom. The molecule has 0 atom stereocenters. The molecular formula is C17H17O5-. The SMILES string of the molecule is Cc1c(CC(=O)[O-])c(=O)oc2cc3c(cc12)CCC(C)(C)O3. The number of carbonyl (C=O) groups is 1. The summed E-state index contributed by atoms with van der Waals surface area (Å²) in [6, 6.07) is 3.65. The summed E-state index contributed by atoms with van der Waals surface area (Å²) in [5.74, 6) is -0.572. The van der Waals surface area contributed by atoms with Crippen molar-refractivity contribution in [3.8, 4) is 5.75 Å². The summed E-state index contributed by atoms with van der Waals surface area (Å²) >= 11 is 0. The van der Waals surface area contributed by atoms with E-state index in [1.807, 2.05) is 19.9 Å². The molecule has 2 aromatic rings. The van der Waals surface area contributed by atoms with Crippen molar-refractivity contribution in [1.29, 1.82) is 0 Å². The van der Waals surface area contributed by atoms with Crippen LogP contribution in [-0.2, 0) is 17.6 Å². The number of fused-ring (bicyclic) bond motifs is 2. The molecule has 3 rings (SSSR count). The topological polar surface area (TPSA) is 79.6 Å². The van der Waals surface area contributed by atoms with Crippen molar-refractivity contribution >= 4 is 16.9 Å². The first kappa shape index (κ1) is 14.6. The molecule has 0 saturated heterocycles. The van der Waals surface area contributed by atoms with Crippen LogP contribution < -0.4 is 15.5 Å². The molecule has 5 nitrogen and oxygen atoms in total. The van der Waals surface area contributed by atoms with Crippen molar-refractivity contribution in [3.63, 3.8) is 0 Å². The third kappa shape index (κ3) is 2.47. The minimum absolute atomic E-state index is 0.143. The molecule has 0 unspecified atom stereocenters. The van der Waals surface area contributed by atoms with E-state index in [9.17, 15) is 14.7 Å². The van der Waals surface area contributed by atoms with Crippen molar-refractivity contribution < 1.29 is 19.1 Å². The molecule has 1 aliphatic rings. The Morgan fingerprint density at radius 1 is 1.36 bits per heavy atom. The van der Waals surface area contributed by atoms with Crippen LogP contribution in [0.15, 0.2) is 21.3 Å². The van der Waals surface area contributed by atoms with Gasteiger partial charge < -0.3 is 19.1 Å². The van der Waals surface area contributed by atoms with Crippen LogP contribution in [0.2, 0.25) is 0 Å². The van der Waals surface area contributed by atoms with Crippen LogP contribution >= 0.6 is 0 Å². The van der Waals surface area contributed by atoms with E-state index in [-0.39, 0.29) is 11.2 Å². The smallest absolute Gasteiger partial charge is 0.340 e. The lowest BCUT2D eigenvalue weighted by molar-refractivity contribution is -0.304. The molecule has 22 heavy (non-hydrogen) atoms. The van der Waals surface area contributed by atoms with Gasteiger partial charge in [0.15, 0.2) is 0 Å². The third-order valence-electron chi connectivity index (χ3n) is 4.17. The highest BCUT2D eigenvalue weighted by molar-refractivity contribution is 5.85. The summed E-state index contributed by atoms with van der Waals surface area (Å²) in [5, 5.41) is 11.5. The summed E-state index contributed by atoms with van der Waals surface area (Å²) < 4.78 is 11.2. The lowest BCUT2D eigenvalue weighted by Gasteiger charge is -2.32. The summed E-state index contributed by atoms with van der Waals surface area (Å²) in [4.78, 5) is 22.8. The highest BCUT2D eigenvalue weighted by atomic mass is 16.5. The number of aliphatic carboxylic acids is 1. The normalized spacial score (nSPS) is 16.1. The summed E-state index contributed by atoms with van der Waals surface area (Å²) in [7, 11) is 0. The molecule has 1 aromatic heterocycles. The largest absolute Gasteiger partial charge is 0.550 e. The molecule has 0 amide bonds. The Labute approximate surface area is 127 Å². The fourth-order valence-electron chi connectivity index (χ4n) is 2.88. The highest BCUT2D eigenvalue weighted by Gasteiger charge is 2.27. The number of hydrogen-bond acceptors (Lipinski definition) is 5. The fourth-order valence-corrected chi connectivity index (χ4v) is 2.88. The molecular weight excluding hydrogens is 284 g/mol. The molecule has 1 aliphatic heterocycles. The number of aryl methyl sites for hydroxylation is 2. The van der Waals surface area contributed by atoms with Gasteiger partial charge in [0, 0.05) is 29.4 Å². The number of hydrogen-bond donors (Lipinski definition) is 0. The lowest BCUT2D eigenvalue weighted by atomic mass is 9.92. The van der Waals surface area contributed by atoms with Crippen LogP contribution in [0, 0.1) is 6.92 Å². The van der Waals surface area contributed by atoms with Gasteiger partial charge in [-0.1, -0.05) is 0 Å². The average molecular weight is 301 g/mol. The van der Waals surface area contributed by atoms with E-state index in [2.05, 4.69) is 0 Å². The van der Waals surface area contributed by atoms with Gasteiger partial charge >= 0.3 is 5.63 Å². The first-order valence-corrected chi connectivity index (χ1v) is 7.25. The predicted molar refractivity (Wildman–Crippen MR) is 79.0 cm³/mol. The second-order valence-corrected chi connectivity index (χ2v) is 6.36. The number of rotatable bonds is 2. The van der Waals surface area contributed by atoms with Crippen LogP contribution in [-0.4, -0.2) is 11.6 Å². The number of benzene rings is 1. The maximum atomic E-state index is 12.0. The first-order valence-electron chi connectivity index (χ1n) is 7.25. The molecule has 116 valence electrons. The van der Waals surface area contributed by atoms with Crippen LogP contribution in [0.3, 0.4) is 0 Å². The van der Waals surface area contributed by atoms with Gasteiger partial charge in [-0.15, -0.1) is 0 Å². The zero-order valence-electron chi connectivity index (χ0n) is 12.8. The van der Waals surface area contributed by atoms with Gasteiger partial charge in [0.1, 0.15) is 16.9 Å². The molecule has 0 radical (unpaired) electrons. The van der Waals surface area contributed by atoms with Crippen molar-refractivity contribution in [2.24, 2.45) is 0 Å². The first-order chi connectivity index (χ1) is 10.3. The summed E-state index contributed by atoms with van der Waals surface area (Å²) in [6.45, 7) is 5.77. The summed E-state index contributed by atoms with van der Waals surface area (Å²) in [5.41, 5.74) is 1.35. The van der Waals surface area contributed by atoms with Crippen LogP contribution in [0.5, 0.6) is 5.75 Å². The number of carboxylic acids is 1. The second kappa shape index (κ2) is 4.87. The maximum Gasteiger partial charge on any atom is 0.340 e. The van der Waals surface area contributed by atoms with Gasteiger partial charge in [0.2, 0.25) is 0 Å². The van der Waals surface area contributed by atoms with Gasteiger partial charge in [0.25, 0.3) is 0 Å². The minimum atomic E-state index is -1.29. The standard InChI is InChI=1S/C17H18O5/c1-9-11-6-10-4-5-17(2,3)22-13(10)8-14(11)21-16(20)12(9)7-15(18)19/h6,8H,4-5,7H2,1-3H3,(H,18,19)/p-1. The van der Waals surface area contributed by atoms with Gasteiger partial charge in [-0.05, 0) is 50.8 Å². The third-order valence-corrected chi connectivity index (χ3v) is 4.17. The minimum Gasteiger partial charge on any atom is -0.550 e. The molecule has 0 spiro atoms. The lowest BCUT2D eigenvalue weighted by Crippen LogP contribution is -2.32. The van der Waals surface area contributed by atoms with E-state index in [0.717, 1.165) is 29.5 Å². The van der Waals surface area contributed by atoms with E-state index in [1.54, 1.807) is 13.0 Å². The summed E-state index contributed by atoms with van der Waals surface area (Å²) in [6.07, 6.45) is 1.32. The monoisotopic (exact) mass is 301 g/mol. The van der Waals surface area contributed by atoms with Gasteiger partial charge in [-0.3, -0.25) is 0 Å². The van der Waals surface area contributed by atoms with E-state index in [0.29, 0.717) is 11.1 Å².